The van der Waals surface area contributed by atoms with Crippen LogP contribution in [-0.4, -0.2) is 32.1 Å². The number of nitrogens with one attached hydrogen (secondary N) is 1. The molecule has 3 rings (SSSR count). The first-order valence-corrected chi connectivity index (χ1v) is 9.32. The lowest BCUT2D eigenvalue weighted by atomic mass is 9.99. The molecule has 0 bridgehead atoms. The zero-order valence-electron chi connectivity index (χ0n) is 15.3. The van der Waals surface area contributed by atoms with Gasteiger partial charge in [0.25, 0.3) is 0 Å². The maximum atomic E-state index is 12.9. The Labute approximate surface area is 165 Å². The predicted molar refractivity (Wildman–Crippen MR) is 103 cm³/mol. The Morgan fingerprint density at radius 2 is 1.89 bits per heavy atom. The molecule has 0 fully saturated rings. The van der Waals surface area contributed by atoms with Gasteiger partial charge in [-0.25, -0.2) is 9.18 Å². The van der Waals surface area contributed by atoms with E-state index >= 15 is 0 Å². The standard InChI is InChI=1S/C20H18FNO5S/c1-26-19(24)13-8-9-14-16(13)17(20(25)27-2)18(28-14)22-15(23)10-5-11-3-6-12(21)7-4-11/h3-7,10,13H,8-9H2,1-2H3,(H,22,23). The highest BCUT2D eigenvalue weighted by Gasteiger charge is 2.38. The number of benzene rings is 1. The van der Waals surface area contributed by atoms with Crippen LogP contribution in [0.1, 0.15) is 38.7 Å². The van der Waals surface area contributed by atoms with E-state index < -0.39 is 23.8 Å². The fourth-order valence-corrected chi connectivity index (χ4v) is 4.40. The number of hydrogen-bond acceptors (Lipinski definition) is 6. The second-order valence-corrected chi connectivity index (χ2v) is 7.23. The lowest BCUT2D eigenvalue weighted by Gasteiger charge is -2.11. The molecule has 0 spiro atoms. The molecule has 8 heteroatoms. The van der Waals surface area contributed by atoms with Gasteiger partial charge in [-0.2, -0.15) is 0 Å². The van der Waals surface area contributed by atoms with Crippen LogP contribution in [0.25, 0.3) is 6.08 Å². The van der Waals surface area contributed by atoms with Gasteiger partial charge in [0.05, 0.1) is 25.7 Å². The largest absolute Gasteiger partial charge is 0.469 e. The summed E-state index contributed by atoms with van der Waals surface area (Å²) in [6, 6.07) is 5.67. The smallest absolute Gasteiger partial charge is 0.341 e. The molecule has 1 aromatic carbocycles. The van der Waals surface area contributed by atoms with E-state index in [1.807, 2.05) is 0 Å². The number of carbonyl (C=O) groups is 3. The summed E-state index contributed by atoms with van der Waals surface area (Å²) in [6.45, 7) is 0. The maximum absolute atomic E-state index is 12.9. The normalized spacial score (nSPS) is 15.3. The lowest BCUT2D eigenvalue weighted by molar-refractivity contribution is -0.142. The van der Waals surface area contributed by atoms with Crippen molar-refractivity contribution >= 4 is 40.3 Å². The number of ether oxygens (including phenoxy) is 2. The molecule has 1 aromatic heterocycles. The summed E-state index contributed by atoms with van der Waals surface area (Å²) in [5, 5.41) is 3.01. The van der Waals surface area contributed by atoms with Gasteiger partial charge in [-0.3, -0.25) is 9.59 Å². The molecule has 0 saturated heterocycles. The molecule has 0 radical (unpaired) electrons. The van der Waals surface area contributed by atoms with Crippen LogP contribution in [-0.2, 0) is 25.5 Å². The third-order valence-corrected chi connectivity index (χ3v) is 5.62. The van der Waals surface area contributed by atoms with Gasteiger partial charge in [-0.05, 0) is 42.2 Å². The Morgan fingerprint density at radius 1 is 1.18 bits per heavy atom. The number of amides is 1. The molecule has 1 atom stereocenters. The van der Waals surface area contributed by atoms with Crippen molar-refractivity contribution in [2.45, 2.75) is 18.8 Å². The van der Waals surface area contributed by atoms with Crippen molar-refractivity contribution in [3.05, 3.63) is 57.7 Å². The van der Waals surface area contributed by atoms with Crippen LogP contribution in [0.4, 0.5) is 9.39 Å². The summed E-state index contributed by atoms with van der Waals surface area (Å²) >= 11 is 1.25. The van der Waals surface area contributed by atoms with E-state index in [4.69, 9.17) is 9.47 Å². The molecule has 0 saturated carbocycles. The Hall–Kier alpha value is -3.00. The molecular formula is C20H18FNO5S. The minimum absolute atomic E-state index is 0.193. The number of aryl methyl sites for hydroxylation is 1. The van der Waals surface area contributed by atoms with E-state index in [-0.39, 0.29) is 11.4 Å². The molecule has 1 N–H and O–H groups in total. The zero-order chi connectivity index (χ0) is 20.3. The van der Waals surface area contributed by atoms with Crippen LogP contribution in [0.2, 0.25) is 0 Å². The van der Waals surface area contributed by atoms with E-state index in [1.165, 1.54) is 49.8 Å². The Kier molecular flexibility index (Phi) is 5.89. The minimum Gasteiger partial charge on any atom is -0.469 e. The molecule has 1 unspecified atom stereocenters. The first-order valence-electron chi connectivity index (χ1n) is 8.51. The van der Waals surface area contributed by atoms with Gasteiger partial charge < -0.3 is 14.8 Å². The highest BCUT2D eigenvalue weighted by Crippen LogP contribution is 2.45. The summed E-state index contributed by atoms with van der Waals surface area (Å²) < 4.78 is 22.6. The van der Waals surface area contributed by atoms with Crippen molar-refractivity contribution < 1.29 is 28.2 Å². The number of fused-ring (bicyclic) bond motifs is 1. The number of methoxy groups -OCH3 is 2. The zero-order valence-corrected chi connectivity index (χ0v) is 16.1. The molecule has 146 valence electrons. The average molecular weight is 403 g/mol. The van der Waals surface area contributed by atoms with Crippen molar-refractivity contribution in [3.63, 3.8) is 0 Å². The first-order chi connectivity index (χ1) is 13.4. The lowest BCUT2D eigenvalue weighted by Crippen LogP contribution is -2.16. The summed E-state index contributed by atoms with van der Waals surface area (Å²) in [6.07, 6.45) is 3.99. The van der Waals surface area contributed by atoms with Gasteiger partial charge in [-0.1, -0.05) is 12.1 Å². The molecule has 2 aromatic rings. The number of hydrogen-bond donors (Lipinski definition) is 1. The maximum Gasteiger partial charge on any atom is 0.341 e. The minimum atomic E-state index is -0.619. The Morgan fingerprint density at radius 3 is 2.54 bits per heavy atom. The summed E-state index contributed by atoms with van der Waals surface area (Å²) in [5.41, 5.74) is 1.42. The monoisotopic (exact) mass is 403 g/mol. The summed E-state index contributed by atoms with van der Waals surface area (Å²) in [5.74, 6) is -2.41. The third-order valence-electron chi connectivity index (χ3n) is 4.44. The summed E-state index contributed by atoms with van der Waals surface area (Å²) in [4.78, 5) is 37.6. The highest BCUT2D eigenvalue weighted by molar-refractivity contribution is 7.17. The van der Waals surface area contributed by atoms with Crippen molar-refractivity contribution in [2.24, 2.45) is 0 Å². The number of halogens is 1. The number of rotatable bonds is 5. The van der Waals surface area contributed by atoms with Gasteiger partial charge in [0, 0.05) is 11.0 Å². The topological polar surface area (TPSA) is 81.7 Å². The fourth-order valence-electron chi connectivity index (χ4n) is 3.14. The highest BCUT2D eigenvalue weighted by atomic mass is 32.1. The van der Waals surface area contributed by atoms with E-state index in [0.29, 0.717) is 29.0 Å². The Bertz CT molecular complexity index is 948. The number of carbonyl (C=O) groups excluding carboxylic acids is 3. The average Bonchev–Trinajstić information content (AvgIpc) is 3.25. The number of esters is 2. The molecule has 28 heavy (non-hydrogen) atoms. The first kappa shape index (κ1) is 19.8. The van der Waals surface area contributed by atoms with Gasteiger partial charge in [-0.15, -0.1) is 11.3 Å². The van der Waals surface area contributed by atoms with Crippen LogP contribution in [0.3, 0.4) is 0 Å². The third kappa shape index (κ3) is 3.96. The van der Waals surface area contributed by atoms with Gasteiger partial charge >= 0.3 is 11.9 Å². The molecule has 6 nitrogen and oxygen atoms in total. The van der Waals surface area contributed by atoms with Gasteiger partial charge in [0.2, 0.25) is 5.91 Å². The molecular weight excluding hydrogens is 385 g/mol. The predicted octanol–water partition coefficient (Wildman–Crippen LogP) is 3.53. The van der Waals surface area contributed by atoms with Crippen LogP contribution in [0.15, 0.2) is 30.3 Å². The van der Waals surface area contributed by atoms with Crippen LogP contribution in [0.5, 0.6) is 0 Å². The van der Waals surface area contributed by atoms with Crippen molar-refractivity contribution in [1.29, 1.82) is 0 Å². The second kappa shape index (κ2) is 8.35. The van der Waals surface area contributed by atoms with Crippen molar-refractivity contribution in [2.75, 3.05) is 19.5 Å². The van der Waals surface area contributed by atoms with E-state index in [0.717, 1.165) is 4.88 Å². The van der Waals surface area contributed by atoms with Crippen LogP contribution >= 0.6 is 11.3 Å². The summed E-state index contributed by atoms with van der Waals surface area (Å²) in [7, 11) is 2.54. The van der Waals surface area contributed by atoms with Gasteiger partial charge in [0.15, 0.2) is 0 Å². The van der Waals surface area contributed by atoms with Crippen LogP contribution < -0.4 is 5.32 Å². The molecule has 1 aliphatic carbocycles. The molecule has 0 aliphatic heterocycles. The molecule has 1 heterocycles. The van der Waals surface area contributed by atoms with Crippen molar-refractivity contribution in [3.8, 4) is 0 Å². The van der Waals surface area contributed by atoms with Gasteiger partial charge in [0.1, 0.15) is 10.8 Å². The fraction of sp³-hybridized carbons (Fsp3) is 0.250. The van der Waals surface area contributed by atoms with Crippen LogP contribution in [0, 0.1) is 5.82 Å². The van der Waals surface area contributed by atoms with E-state index in [1.54, 1.807) is 12.1 Å². The number of thiophene rings is 1. The SMILES string of the molecule is COC(=O)c1c(NC(=O)C=Cc2ccc(F)cc2)sc2c1C(C(=O)OC)CC2. The van der Waals surface area contributed by atoms with E-state index in [9.17, 15) is 18.8 Å². The van der Waals surface area contributed by atoms with Crippen molar-refractivity contribution in [1.82, 2.24) is 0 Å². The number of anilines is 1. The quantitative estimate of drug-likeness (QED) is 0.610. The second-order valence-electron chi connectivity index (χ2n) is 6.12. The Balaban J connectivity index is 1.86. The van der Waals surface area contributed by atoms with E-state index in [2.05, 4.69) is 5.32 Å². The molecule has 1 amide bonds. The molecule has 1 aliphatic rings.